The lowest BCUT2D eigenvalue weighted by atomic mass is 10.1. The number of hydrogen-bond donors (Lipinski definition) is 1. The van der Waals surface area contributed by atoms with E-state index in [4.69, 9.17) is 4.84 Å². The summed E-state index contributed by atoms with van der Waals surface area (Å²) in [4.78, 5) is 7.60. The van der Waals surface area contributed by atoms with Gasteiger partial charge < -0.3 is 4.90 Å². The molecule has 3 nitrogen and oxygen atoms in total. The molecule has 0 radical (unpaired) electrons. The van der Waals surface area contributed by atoms with Crippen molar-refractivity contribution in [1.29, 1.82) is 0 Å². The lowest BCUT2D eigenvalue weighted by Crippen LogP contribution is -2.35. The van der Waals surface area contributed by atoms with Crippen LogP contribution in [0.1, 0.15) is 12.8 Å². The van der Waals surface area contributed by atoms with Gasteiger partial charge in [-0.1, -0.05) is 6.58 Å². The highest BCUT2D eigenvalue weighted by atomic mass is 16.7. The molecule has 0 spiro atoms. The molecule has 64 valence electrons. The van der Waals surface area contributed by atoms with Crippen LogP contribution in [0.15, 0.2) is 12.8 Å². The van der Waals surface area contributed by atoms with Crippen molar-refractivity contribution in [2.45, 2.75) is 18.9 Å². The van der Waals surface area contributed by atoms with Gasteiger partial charge in [0.2, 0.25) is 0 Å². The van der Waals surface area contributed by atoms with E-state index in [0.717, 1.165) is 25.9 Å². The van der Waals surface area contributed by atoms with E-state index in [1.165, 1.54) is 0 Å². The molecule has 3 heteroatoms. The number of likely N-dealkylation sites (tertiary alicyclic amines) is 1. The summed E-state index contributed by atoms with van der Waals surface area (Å²) in [6.07, 6.45) is 4.15. The van der Waals surface area contributed by atoms with Crippen LogP contribution in [0.4, 0.5) is 0 Å². The summed E-state index contributed by atoms with van der Waals surface area (Å²) in [6.45, 7) is 5.77. The first-order chi connectivity index (χ1) is 5.33. The summed E-state index contributed by atoms with van der Waals surface area (Å²) >= 11 is 0. The van der Waals surface area contributed by atoms with Gasteiger partial charge in [0.1, 0.15) is 0 Å². The number of rotatable bonds is 3. The first kappa shape index (κ1) is 8.56. The van der Waals surface area contributed by atoms with Crippen molar-refractivity contribution in [2.75, 3.05) is 20.1 Å². The van der Waals surface area contributed by atoms with Crippen LogP contribution in [0, 0.1) is 0 Å². The highest BCUT2D eigenvalue weighted by molar-refractivity contribution is 4.69. The molecule has 11 heavy (non-hydrogen) atoms. The van der Waals surface area contributed by atoms with Gasteiger partial charge in [-0.15, -0.1) is 0 Å². The Bertz CT molecular complexity index is 119. The first-order valence-corrected chi connectivity index (χ1v) is 4.03. The van der Waals surface area contributed by atoms with E-state index >= 15 is 0 Å². The summed E-state index contributed by atoms with van der Waals surface area (Å²) in [5, 5.41) is 0. The van der Waals surface area contributed by atoms with Crippen LogP contribution in [0.2, 0.25) is 0 Å². The van der Waals surface area contributed by atoms with Gasteiger partial charge in [-0.05, 0) is 19.9 Å². The Hall–Kier alpha value is -0.540. The van der Waals surface area contributed by atoms with Gasteiger partial charge in [0.25, 0.3) is 0 Å². The van der Waals surface area contributed by atoms with E-state index in [1.54, 1.807) is 6.20 Å². The van der Waals surface area contributed by atoms with Crippen LogP contribution in [0.3, 0.4) is 0 Å². The number of hydroxylamine groups is 1. The van der Waals surface area contributed by atoms with E-state index in [2.05, 4.69) is 24.0 Å². The fraction of sp³-hybridized carbons (Fsp3) is 0.750. The molecule has 1 saturated heterocycles. The van der Waals surface area contributed by atoms with E-state index in [0.29, 0.717) is 6.10 Å². The van der Waals surface area contributed by atoms with E-state index in [-0.39, 0.29) is 0 Å². The third kappa shape index (κ3) is 2.91. The highest BCUT2D eigenvalue weighted by Gasteiger charge is 2.16. The molecule has 1 N–H and O–H groups in total. The van der Waals surface area contributed by atoms with Gasteiger partial charge in [-0.25, -0.2) is 0 Å². The minimum absolute atomic E-state index is 0.365. The maximum Gasteiger partial charge on any atom is 0.0878 e. The predicted molar refractivity (Wildman–Crippen MR) is 44.9 cm³/mol. The van der Waals surface area contributed by atoms with Gasteiger partial charge in [0.15, 0.2) is 0 Å². The average molecular weight is 156 g/mol. The molecule has 0 aromatic heterocycles. The molecule has 1 heterocycles. The molecule has 1 aliphatic heterocycles. The zero-order valence-electron chi connectivity index (χ0n) is 7.05. The highest BCUT2D eigenvalue weighted by Crippen LogP contribution is 2.10. The van der Waals surface area contributed by atoms with Crippen molar-refractivity contribution in [2.24, 2.45) is 0 Å². The standard InChI is InChI=1S/C8H16N2O/c1-3-9-11-8-4-6-10(2)7-5-8/h3,8-9H,1,4-7H2,2H3. The molecule has 1 fully saturated rings. The Morgan fingerprint density at radius 1 is 1.55 bits per heavy atom. The normalized spacial score (nSPS) is 21.5. The van der Waals surface area contributed by atoms with Crippen LogP contribution < -0.4 is 5.48 Å². The van der Waals surface area contributed by atoms with Crippen molar-refractivity contribution >= 4 is 0 Å². The van der Waals surface area contributed by atoms with Crippen LogP contribution in [0.5, 0.6) is 0 Å². The summed E-state index contributed by atoms with van der Waals surface area (Å²) < 4.78 is 0. The Morgan fingerprint density at radius 3 is 2.73 bits per heavy atom. The Balaban J connectivity index is 2.12. The fourth-order valence-electron chi connectivity index (χ4n) is 1.25. The first-order valence-electron chi connectivity index (χ1n) is 4.03. The minimum Gasteiger partial charge on any atom is -0.306 e. The molecule has 0 amide bonds. The Morgan fingerprint density at radius 2 is 2.18 bits per heavy atom. The average Bonchev–Trinajstić information content (AvgIpc) is 2.04. The largest absolute Gasteiger partial charge is 0.306 e. The second-order valence-corrected chi connectivity index (χ2v) is 2.94. The number of nitrogens with one attached hydrogen (secondary N) is 1. The molecule has 0 aliphatic carbocycles. The van der Waals surface area contributed by atoms with Gasteiger partial charge in [-0.3, -0.25) is 10.3 Å². The van der Waals surface area contributed by atoms with Crippen LogP contribution >= 0.6 is 0 Å². The Kier molecular flexibility index (Phi) is 3.39. The number of piperidine rings is 1. The van der Waals surface area contributed by atoms with Gasteiger partial charge >= 0.3 is 0 Å². The molecule has 0 atom stereocenters. The molecule has 1 aliphatic rings. The zero-order valence-corrected chi connectivity index (χ0v) is 7.05. The monoisotopic (exact) mass is 156 g/mol. The van der Waals surface area contributed by atoms with Crippen LogP contribution in [0.25, 0.3) is 0 Å². The summed E-state index contributed by atoms with van der Waals surface area (Å²) in [6, 6.07) is 0. The Labute approximate surface area is 68.0 Å². The topological polar surface area (TPSA) is 24.5 Å². The van der Waals surface area contributed by atoms with Gasteiger partial charge in [0.05, 0.1) is 6.10 Å². The second kappa shape index (κ2) is 4.36. The summed E-state index contributed by atoms with van der Waals surface area (Å²) in [5.41, 5.74) is 2.68. The lowest BCUT2D eigenvalue weighted by molar-refractivity contribution is -0.0314. The van der Waals surface area contributed by atoms with Crippen LogP contribution in [-0.4, -0.2) is 31.1 Å². The van der Waals surface area contributed by atoms with Crippen molar-refractivity contribution in [3.05, 3.63) is 12.8 Å². The smallest absolute Gasteiger partial charge is 0.0878 e. The molecule has 0 aromatic carbocycles. The van der Waals surface area contributed by atoms with Crippen molar-refractivity contribution in [3.8, 4) is 0 Å². The molecular formula is C8H16N2O. The molecule has 0 saturated carbocycles. The maximum absolute atomic E-state index is 5.29. The molecular weight excluding hydrogens is 140 g/mol. The van der Waals surface area contributed by atoms with Crippen molar-refractivity contribution in [1.82, 2.24) is 10.4 Å². The minimum atomic E-state index is 0.365. The second-order valence-electron chi connectivity index (χ2n) is 2.94. The molecule has 0 unspecified atom stereocenters. The zero-order chi connectivity index (χ0) is 8.10. The predicted octanol–water partition coefficient (Wildman–Crippen LogP) is 0.745. The van der Waals surface area contributed by atoms with Gasteiger partial charge in [-0.2, -0.15) is 0 Å². The van der Waals surface area contributed by atoms with Crippen LogP contribution in [-0.2, 0) is 4.84 Å². The third-order valence-electron chi connectivity index (χ3n) is 1.98. The SMILES string of the molecule is C=CNOC1CCN(C)CC1. The third-order valence-corrected chi connectivity index (χ3v) is 1.98. The van der Waals surface area contributed by atoms with E-state index < -0.39 is 0 Å². The van der Waals surface area contributed by atoms with E-state index in [9.17, 15) is 0 Å². The van der Waals surface area contributed by atoms with E-state index in [1.807, 2.05) is 0 Å². The summed E-state index contributed by atoms with van der Waals surface area (Å²) in [7, 11) is 2.14. The van der Waals surface area contributed by atoms with Crippen molar-refractivity contribution in [3.63, 3.8) is 0 Å². The number of hydrogen-bond acceptors (Lipinski definition) is 3. The van der Waals surface area contributed by atoms with Crippen molar-refractivity contribution < 1.29 is 4.84 Å². The molecule has 1 rings (SSSR count). The lowest BCUT2D eigenvalue weighted by Gasteiger charge is -2.28. The fourth-order valence-corrected chi connectivity index (χ4v) is 1.25. The number of nitrogens with zero attached hydrogens (tertiary/aromatic N) is 1. The maximum atomic E-state index is 5.29. The molecule has 0 bridgehead atoms. The van der Waals surface area contributed by atoms with Gasteiger partial charge in [0, 0.05) is 19.3 Å². The molecule has 0 aromatic rings. The quantitative estimate of drug-likeness (QED) is 0.610. The summed E-state index contributed by atoms with van der Waals surface area (Å²) in [5.74, 6) is 0.